The maximum atomic E-state index is 12.4. The van der Waals surface area contributed by atoms with Crippen LogP contribution in [0.15, 0.2) is 30.3 Å². The number of nitriles is 1. The molecule has 2 rings (SSSR count). The number of hydrogen-bond donors (Lipinski definition) is 1. The molecule has 1 unspecified atom stereocenters. The maximum Gasteiger partial charge on any atom is 0.250 e. The average Bonchev–Trinajstić information content (AvgIpc) is 2.75. The number of hydrogen-bond acceptors (Lipinski definition) is 4. The summed E-state index contributed by atoms with van der Waals surface area (Å²) in [7, 11) is 0. The third kappa shape index (κ3) is 3.14. The zero-order valence-corrected chi connectivity index (χ0v) is 12.1. The molecular weight excluding hydrogens is 282 g/mol. The molecule has 1 saturated heterocycles. The predicted molar refractivity (Wildman–Crippen MR) is 78.0 cm³/mol. The van der Waals surface area contributed by atoms with Crippen molar-refractivity contribution in [2.24, 2.45) is 11.1 Å². The molecule has 2 N–H and O–H groups in total. The van der Waals surface area contributed by atoms with Crippen LogP contribution in [0.25, 0.3) is 0 Å². The lowest BCUT2D eigenvalue weighted by molar-refractivity contribution is -0.140. The molecule has 1 aliphatic rings. The van der Waals surface area contributed by atoms with Crippen molar-refractivity contribution in [2.75, 3.05) is 6.54 Å². The van der Waals surface area contributed by atoms with Gasteiger partial charge in [0.25, 0.3) is 0 Å². The Labute approximate surface area is 128 Å². The molecule has 114 valence electrons. The van der Waals surface area contributed by atoms with Crippen molar-refractivity contribution in [1.29, 1.82) is 5.26 Å². The van der Waals surface area contributed by atoms with Gasteiger partial charge in [0.1, 0.15) is 5.41 Å². The first-order valence-electron chi connectivity index (χ1n) is 7.07. The van der Waals surface area contributed by atoms with E-state index < -0.39 is 17.2 Å². The zero-order chi connectivity index (χ0) is 16.2. The molecule has 3 amide bonds. The van der Waals surface area contributed by atoms with Crippen LogP contribution in [0.2, 0.25) is 0 Å². The topological polar surface area (TPSA) is 104 Å². The van der Waals surface area contributed by atoms with Gasteiger partial charge in [-0.3, -0.25) is 19.3 Å². The van der Waals surface area contributed by atoms with Crippen LogP contribution in [0.5, 0.6) is 0 Å². The number of carbonyl (C=O) groups is 3. The van der Waals surface area contributed by atoms with Gasteiger partial charge in [-0.2, -0.15) is 5.26 Å². The second-order valence-corrected chi connectivity index (χ2v) is 5.42. The minimum atomic E-state index is -1.44. The van der Waals surface area contributed by atoms with Gasteiger partial charge in [0.15, 0.2) is 0 Å². The zero-order valence-electron chi connectivity index (χ0n) is 12.1. The fourth-order valence-electron chi connectivity index (χ4n) is 2.59. The van der Waals surface area contributed by atoms with Crippen LogP contribution in [-0.4, -0.2) is 29.2 Å². The standard InChI is InChI=1S/C16H17N3O3/c17-11-16(8-6-13(18)20)10-14(21)19(15(16)22)9-7-12-4-2-1-3-5-12/h1-5H,6-10H2,(H2,18,20). The van der Waals surface area contributed by atoms with Crippen LogP contribution in [0, 0.1) is 16.7 Å². The first-order valence-corrected chi connectivity index (χ1v) is 7.07. The third-order valence-electron chi connectivity index (χ3n) is 3.89. The second-order valence-electron chi connectivity index (χ2n) is 5.42. The predicted octanol–water partition coefficient (Wildman–Crippen LogP) is 0.763. The summed E-state index contributed by atoms with van der Waals surface area (Å²) < 4.78 is 0. The highest BCUT2D eigenvalue weighted by Gasteiger charge is 2.51. The molecule has 1 aliphatic heterocycles. The molecule has 6 nitrogen and oxygen atoms in total. The number of amides is 3. The monoisotopic (exact) mass is 299 g/mol. The van der Waals surface area contributed by atoms with Crippen LogP contribution >= 0.6 is 0 Å². The van der Waals surface area contributed by atoms with Crippen molar-refractivity contribution in [3.63, 3.8) is 0 Å². The summed E-state index contributed by atoms with van der Waals surface area (Å²) in [5, 5.41) is 9.32. The summed E-state index contributed by atoms with van der Waals surface area (Å²) in [6, 6.07) is 11.4. The van der Waals surface area contributed by atoms with Gasteiger partial charge in [0.05, 0.1) is 12.5 Å². The Morgan fingerprint density at radius 3 is 2.59 bits per heavy atom. The lowest BCUT2D eigenvalue weighted by Gasteiger charge is -2.19. The Bertz CT molecular complexity index is 636. The Morgan fingerprint density at radius 1 is 1.32 bits per heavy atom. The summed E-state index contributed by atoms with van der Waals surface area (Å²) in [6.45, 7) is 0.238. The normalized spacial score (nSPS) is 21.0. The Kier molecular flexibility index (Phi) is 4.56. The lowest BCUT2D eigenvalue weighted by Crippen LogP contribution is -2.36. The molecular formula is C16H17N3O3. The smallest absolute Gasteiger partial charge is 0.250 e. The molecule has 1 heterocycles. The number of rotatable bonds is 6. The Morgan fingerprint density at radius 2 is 2.00 bits per heavy atom. The molecule has 6 heteroatoms. The number of nitrogens with two attached hydrogens (primary N) is 1. The van der Waals surface area contributed by atoms with Gasteiger partial charge in [-0.25, -0.2) is 0 Å². The van der Waals surface area contributed by atoms with E-state index in [0.717, 1.165) is 10.5 Å². The second kappa shape index (κ2) is 6.39. The summed E-state index contributed by atoms with van der Waals surface area (Å²) in [4.78, 5) is 36.5. The first kappa shape index (κ1) is 15.7. The van der Waals surface area contributed by atoms with Gasteiger partial charge < -0.3 is 5.73 Å². The van der Waals surface area contributed by atoms with Crippen molar-refractivity contribution in [1.82, 2.24) is 4.90 Å². The van der Waals surface area contributed by atoms with E-state index in [1.807, 2.05) is 36.4 Å². The van der Waals surface area contributed by atoms with E-state index in [1.54, 1.807) is 0 Å². The van der Waals surface area contributed by atoms with Gasteiger partial charge in [-0.1, -0.05) is 30.3 Å². The molecule has 1 fully saturated rings. The average molecular weight is 299 g/mol. The summed E-state index contributed by atoms with van der Waals surface area (Å²) in [5.41, 5.74) is 4.64. The highest BCUT2D eigenvalue weighted by Crippen LogP contribution is 2.36. The molecule has 0 aromatic heterocycles. The van der Waals surface area contributed by atoms with Gasteiger partial charge in [0, 0.05) is 13.0 Å². The largest absolute Gasteiger partial charge is 0.370 e. The van der Waals surface area contributed by atoms with E-state index in [-0.39, 0.29) is 31.7 Å². The van der Waals surface area contributed by atoms with E-state index in [4.69, 9.17) is 5.73 Å². The van der Waals surface area contributed by atoms with Gasteiger partial charge >= 0.3 is 0 Å². The fourth-order valence-corrected chi connectivity index (χ4v) is 2.59. The van der Waals surface area contributed by atoms with Crippen molar-refractivity contribution in [3.05, 3.63) is 35.9 Å². The van der Waals surface area contributed by atoms with E-state index in [1.165, 1.54) is 0 Å². The van der Waals surface area contributed by atoms with Crippen LogP contribution in [0.1, 0.15) is 24.8 Å². The minimum Gasteiger partial charge on any atom is -0.370 e. The summed E-state index contributed by atoms with van der Waals surface area (Å²) in [6.07, 6.45) is 0.268. The molecule has 1 aromatic carbocycles. The van der Waals surface area contributed by atoms with Crippen LogP contribution in [-0.2, 0) is 20.8 Å². The number of benzene rings is 1. The number of carbonyl (C=O) groups excluding carboxylic acids is 3. The fraction of sp³-hybridized carbons (Fsp3) is 0.375. The SMILES string of the molecule is N#CC1(CCC(N)=O)CC(=O)N(CCc2ccccc2)C1=O. The Hall–Kier alpha value is -2.68. The van der Waals surface area contributed by atoms with Crippen molar-refractivity contribution in [2.45, 2.75) is 25.7 Å². The number of primary amides is 1. The molecule has 0 spiro atoms. The van der Waals surface area contributed by atoms with Gasteiger partial charge in [-0.15, -0.1) is 0 Å². The summed E-state index contributed by atoms with van der Waals surface area (Å²) >= 11 is 0. The molecule has 22 heavy (non-hydrogen) atoms. The molecule has 0 radical (unpaired) electrons. The van der Waals surface area contributed by atoms with Crippen molar-refractivity contribution < 1.29 is 14.4 Å². The minimum absolute atomic E-state index is 0.00869. The molecule has 0 bridgehead atoms. The van der Waals surface area contributed by atoms with Crippen molar-refractivity contribution in [3.8, 4) is 6.07 Å². The third-order valence-corrected chi connectivity index (χ3v) is 3.89. The number of imide groups is 1. The Balaban J connectivity index is 2.07. The van der Waals surface area contributed by atoms with E-state index >= 15 is 0 Å². The molecule has 1 aromatic rings. The highest BCUT2D eigenvalue weighted by atomic mass is 16.2. The maximum absolute atomic E-state index is 12.4. The highest BCUT2D eigenvalue weighted by molar-refractivity contribution is 6.07. The van der Waals surface area contributed by atoms with E-state index in [9.17, 15) is 19.6 Å². The van der Waals surface area contributed by atoms with Crippen LogP contribution < -0.4 is 5.73 Å². The molecule has 0 saturated carbocycles. The molecule has 1 atom stereocenters. The first-order chi connectivity index (χ1) is 10.5. The summed E-state index contributed by atoms with van der Waals surface area (Å²) in [5.74, 6) is -1.47. The lowest BCUT2D eigenvalue weighted by atomic mass is 9.83. The van der Waals surface area contributed by atoms with Crippen molar-refractivity contribution >= 4 is 17.7 Å². The van der Waals surface area contributed by atoms with E-state index in [0.29, 0.717) is 6.42 Å². The van der Waals surface area contributed by atoms with Gasteiger partial charge in [0.2, 0.25) is 17.7 Å². The molecule has 0 aliphatic carbocycles. The number of likely N-dealkylation sites (tertiary alicyclic amines) is 1. The van der Waals surface area contributed by atoms with E-state index in [2.05, 4.69) is 0 Å². The van der Waals surface area contributed by atoms with Crippen LogP contribution in [0.3, 0.4) is 0 Å². The van der Waals surface area contributed by atoms with Crippen LogP contribution in [0.4, 0.5) is 0 Å². The number of nitrogens with zero attached hydrogens (tertiary/aromatic N) is 2. The quantitative estimate of drug-likeness (QED) is 0.783. The van der Waals surface area contributed by atoms with Gasteiger partial charge in [-0.05, 0) is 18.4 Å².